The number of hydrogen-bond acceptors (Lipinski definition) is 4. The average Bonchev–Trinajstić information content (AvgIpc) is 3.19. The molecule has 24 heavy (non-hydrogen) atoms. The molecule has 6 nitrogen and oxygen atoms in total. The lowest BCUT2D eigenvalue weighted by molar-refractivity contribution is -0.129. The lowest BCUT2D eigenvalue weighted by Crippen LogP contribution is -2.50. The van der Waals surface area contributed by atoms with E-state index in [2.05, 4.69) is 17.1 Å². The van der Waals surface area contributed by atoms with Gasteiger partial charge in [0.15, 0.2) is 0 Å². The van der Waals surface area contributed by atoms with Crippen LogP contribution in [0.2, 0.25) is 0 Å². The van der Waals surface area contributed by atoms with Gasteiger partial charge in [-0.2, -0.15) is 0 Å². The maximum Gasteiger partial charge on any atom is 0.225 e. The van der Waals surface area contributed by atoms with Crippen molar-refractivity contribution >= 4 is 11.8 Å². The zero-order valence-electron chi connectivity index (χ0n) is 15.5. The molecule has 0 aliphatic carbocycles. The summed E-state index contributed by atoms with van der Waals surface area (Å²) in [7, 11) is 0. The number of likely N-dealkylation sites (tertiary alicyclic amines) is 2. The molecule has 0 saturated carbocycles. The molecule has 2 amide bonds. The third-order valence-electron chi connectivity index (χ3n) is 5.94. The van der Waals surface area contributed by atoms with Crippen LogP contribution in [-0.2, 0) is 9.59 Å². The SMILES string of the molecule is CCN1CCCC1CN1CC(C(=O)NCC(N)(CC)CC)CC1=O. The zero-order valence-corrected chi connectivity index (χ0v) is 15.5. The van der Waals surface area contributed by atoms with Crippen molar-refractivity contribution in [3.05, 3.63) is 0 Å². The third-order valence-corrected chi connectivity index (χ3v) is 5.94. The maximum absolute atomic E-state index is 12.4. The fourth-order valence-corrected chi connectivity index (χ4v) is 3.80. The minimum atomic E-state index is -0.344. The second kappa shape index (κ2) is 8.30. The molecule has 2 unspecified atom stereocenters. The number of nitrogens with one attached hydrogen (secondary N) is 1. The number of carbonyl (C=O) groups is 2. The van der Waals surface area contributed by atoms with Crippen LogP contribution >= 0.6 is 0 Å². The van der Waals surface area contributed by atoms with Crippen LogP contribution in [0, 0.1) is 5.92 Å². The van der Waals surface area contributed by atoms with Crippen LogP contribution in [-0.4, -0.2) is 65.9 Å². The smallest absolute Gasteiger partial charge is 0.225 e. The number of nitrogens with zero attached hydrogens (tertiary/aromatic N) is 2. The predicted octanol–water partition coefficient (Wildman–Crippen LogP) is 0.953. The normalized spacial score (nSPS) is 25.5. The van der Waals surface area contributed by atoms with E-state index in [0.717, 1.165) is 38.9 Å². The van der Waals surface area contributed by atoms with E-state index in [0.29, 0.717) is 25.6 Å². The van der Waals surface area contributed by atoms with Gasteiger partial charge in [-0.15, -0.1) is 0 Å². The number of hydrogen-bond donors (Lipinski definition) is 2. The molecule has 2 atom stereocenters. The lowest BCUT2D eigenvalue weighted by atomic mass is 9.94. The molecule has 2 aliphatic rings. The Bertz CT molecular complexity index is 450. The molecule has 3 N–H and O–H groups in total. The van der Waals surface area contributed by atoms with Gasteiger partial charge in [0.25, 0.3) is 0 Å². The van der Waals surface area contributed by atoms with Crippen molar-refractivity contribution in [3.63, 3.8) is 0 Å². The summed E-state index contributed by atoms with van der Waals surface area (Å²) in [5.41, 5.74) is 5.90. The quantitative estimate of drug-likeness (QED) is 0.691. The van der Waals surface area contributed by atoms with Crippen molar-refractivity contribution in [1.29, 1.82) is 0 Å². The van der Waals surface area contributed by atoms with E-state index >= 15 is 0 Å². The van der Waals surface area contributed by atoms with E-state index < -0.39 is 0 Å². The Morgan fingerprint density at radius 1 is 1.33 bits per heavy atom. The van der Waals surface area contributed by atoms with Crippen LogP contribution in [0.4, 0.5) is 0 Å². The first-order chi connectivity index (χ1) is 11.4. The summed E-state index contributed by atoms with van der Waals surface area (Å²) >= 11 is 0. The van der Waals surface area contributed by atoms with Crippen molar-refractivity contribution in [2.45, 2.75) is 64.5 Å². The first-order valence-corrected chi connectivity index (χ1v) is 9.50. The molecule has 0 spiro atoms. The number of likely N-dealkylation sites (N-methyl/N-ethyl adjacent to an activating group) is 1. The van der Waals surface area contributed by atoms with Crippen molar-refractivity contribution in [2.75, 3.05) is 32.7 Å². The third kappa shape index (κ3) is 4.48. The van der Waals surface area contributed by atoms with Gasteiger partial charge in [0.05, 0.1) is 5.92 Å². The molecule has 0 aromatic carbocycles. The van der Waals surface area contributed by atoms with Crippen LogP contribution in [0.25, 0.3) is 0 Å². The molecule has 0 bridgehead atoms. The van der Waals surface area contributed by atoms with Crippen molar-refractivity contribution < 1.29 is 9.59 Å². The second-order valence-corrected chi connectivity index (χ2v) is 7.41. The van der Waals surface area contributed by atoms with E-state index in [4.69, 9.17) is 5.73 Å². The van der Waals surface area contributed by atoms with Gasteiger partial charge < -0.3 is 16.0 Å². The fraction of sp³-hybridized carbons (Fsp3) is 0.889. The van der Waals surface area contributed by atoms with Crippen LogP contribution in [0.5, 0.6) is 0 Å². The minimum absolute atomic E-state index is 0.0265. The van der Waals surface area contributed by atoms with Gasteiger partial charge in [0.1, 0.15) is 0 Å². The van der Waals surface area contributed by atoms with Crippen molar-refractivity contribution in [2.24, 2.45) is 11.7 Å². The molecule has 2 aliphatic heterocycles. The van der Waals surface area contributed by atoms with Gasteiger partial charge >= 0.3 is 0 Å². The van der Waals surface area contributed by atoms with Gasteiger partial charge in [-0.3, -0.25) is 14.5 Å². The largest absolute Gasteiger partial charge is 0.354 e. The van der Waals surface area contributed by atoms with Crippen molar-refractivity contribution in [1.82, 2.24) is 15.1 Å². The number of amides is 2. The highest BCUT2D eigenvalue weighted by molar-refractivity contribution is 5.89. The van der Waals surface area contributed by atoms with Gasteiger partial charge in [-0.05, 0) is 38.8 Å². The molecule has 2 saturated heterocycles. The van der Waals surface area contributed by atoms with Crippen LogP contribution in [0.15, 0.2) is 0 Å². The molecule has 2 fully saturated rings. The molecule has 2 heterocycles. The van der Waals surface area contributed by atoms with E-state index in [1.54, 1.807) is 0 Å². The number of rotatable bonds is 8. The Morgan fingerprint density at radius 2 is 2.04 bits per heavy atom. The molecule has 0 aromatic heterocycles. The number of carbonyl (C=O) groups excluding carboxylic acids is 2. The summed E-state index contributed by atoms with van der Waals surface area (Å²) in [4.78, 5) is 29.0. The molecular formula is C18H34N4O2. The Hall–Kier alpha value is -1.14. The van der Waals surface area contributed by atoms with Crippen LogP contribution < -0.4 is 11.1 Å². The lowest BCUT2D eigenvalue weighted by Gasteiger charge is -2.28. The molecular weight excluding hydrogens is 304 g/mol. The van der Waals surface area contributed by atoms with Gasteiger partial charge in [-0.25, -0.2) is 0 Å². The van der Waals surface area contributed by atoms with Crippen LogP contribution in [0.1, 0.15) is 52.9 Å². The maximum atomic E-state index is 12.4. The Balaban J connectivity index is 1.84. The molecule has 138 valence electrons. The van der Waals surface area contributed by atoms with E-state index in [9.17, 15) is 9.59 Å². The Morgan fingerprint density at radius 3 is 2.67 bits per heavy atom. The highest BCUT2D eigenvalue weighted by Gasteiger charge is 2.37. The molecule has 6 heteroatoms. The van der Waals surface area contributed by atoms with E-state index in [1.807, 2.05) is 18.7 Å². The molecule has 0 aromatic rings. The topological polar surface area (TPSA) is 78.7 Å². The average molecular weight is 338 g/mol. The van der Waals surface area contributed by atoms with E-state index in [-0.39, 0.29) is 23.3 Å². The molecule has 0 radical (unpaired) electrons. The zero-order chi connectivity index (χ0) is 17.7. The Kier molecular flexibility index (Phi) is 6.63. The van der Waals surface area contributed by atoms with E-state index in [1.165, 1.54) is 6.42 Å². The first-order valence-electron chi connectivity index (χ1n) is 9.50. The summed E-state index contributed by atoms with van der Waals surface area (Å²) in [6.07, 6.45) is 4.34. The van der Waals surface area contributed by atoms with Gasteiger partial charge in [0.2, 0.25) is 11.8 Å². The monoisotopic (exact) mass is 338 g/mol. The van der Waals surface area contributed by atoms with Gasteiger partial charge in [-0.1, -0.05) is 20.8 Å². The fourth-order valence-electron chi connectivity index (χ4n) is 3.80. The Labute approximate surface area is 146 Å². The predicted molar refractivity (Wildman–Crippen MR) is 95.5 cm³/mol. The summed E-state index contributed by atoms with van der Waals surface area (Å²) in [5.74, 6) is -0.142. The molecule has 2 rings (SSSR count). The minimum Gasteiger partial charge on any atom is -0.354 e. The number of nitrogens with two attached hydrogens (primary N) is 1. The first kappa shape index (κ1) is 19.2. The summed E-state index contributed by atoms with van der Waals surface area (Å²) < 4.78 is 0. The second-order valence-electron chi connectivity index (χ2n) is 7.41. The van der Waals surface area contributed by atoms with Crippen molar-refractivity contribution in [3.8, 4) is 0 Å². The summed E-state index contributed by atoms with van der Waals surface area (Å²) in [5, 5.41) is 2.97. The highest BCUT2D eigenvalue weighted by Crippen LogP contribution is 2.23. The summed E-state index contributed by atoms with van der Waals surface area (Å²) in [6, 6.07) is 0.456. The standard InChI is InChI=1S/C18H34N4O2/c1-4-18(19,5-2)13-20-17(24)14-10-16(23)22(11-14)12-15-8-7-9-21(15)6-3/h14-15H,4-13,19H2,1-3H3,(H,20,24). The van der Waals surface area contributed by atoms with Gasteiger partial charge in [0, 0.05) is 37.6 Å². The summed E-state index contributed by atoms with van der Waals surface area (Å²) in [6.45, 7) is 10.2. The highest BCUT2D eigenvalue weighted by atomic mass is 16.2. The van der Waals surface area contributed by atoms with Crippen LogP contribution in [0.3, 0.4) is 0 Å².